The number of carbonyl (C=O) groups is 1. The molecule has 1 saturated heterocycles. The van der Waals surface area contributed by atoms with Gasteiger partial charge in [-0.05, 0) is 51.2 Å². The smallest absolute Gasteiger partial charge is 0.248 e. The Morgan fingerprint density at radius 1 is 1.03 bits per heavy atom. The quantitative estimate of drug-likeness (QED) is 0.595. The van der Waals surface area contributed by atoms with Gasteiger partial charge in [0.15, 0.2) is 10.7 Å². The summed E-state index contributed by atoms with van der Waals surface area (Å²) >= 11 is 0. The van der Waals surface area contributed by atoms with E-state index in [1.807, 2.05) is 49.2 Å². The second-order valence-corrected chi connectivity index (χ2v) is 11.5. The van der Waals surface area contributed by atoms with Gasteiger partial charge in [-0.1, -0.05) is 60.3 Å². The lowest BCUT2D eigenvalue weighted by Gasteiger charge is -2.36. The second-order valence-electron chi connectivity index (χ2n) is 9.62. The molecule has 1 amide bonds. The minimum absolute atomic E-state index is 0.111. The first kappa shape index (κ1) is 24.7. The molecule has 7 nitrogen and oxygen atoms in total. The van der Waals surface area contributed by atoms with Crippen LogP contribution in [0.4, 0.5) is 0 Å². The van der Waals surface area contributed by atoms with Crippen molar-refractivity contribution in [2.24, 2.45) is 5.92 Å². The van der Waals surface area contributed by atoms with Crippen molar-refractivity contribution in [3.05, 3.63) is 46.8 Å². The van der Waals surface area contributed by atoms with E-state index < -0.39 is 10.0 Å². The van der Waals surface area contributed by atoms with Gasteiger partial charge < -0.3 is 9.42 Å². The maximum atomic E-state index is 13.5. The fourth-order valence-corrected chi connectivity index (χ4v) is 6.78. The predicted octanol–water partition coefficient (Wildman–Crippen LogP) is 4.65. The van der Waals surface area contributed by atoms with Gasteiger partial charge in [-0.25, -0.2) is 8.42 Å². The van der Waals surface area contributed by atoms with Crippen molar-refractivity contribution in [3.63, 3.8) is 0 Å². The summed E-state index contributed by atoms with van der Waals surface area (Å²) in [6.07, 6.45) is 10.3. The number of piperidine rings is 1. The van der Waals surface area contributed by atoms with Crippen LogP contribution in [0, 0.1) is 19.8 Å². The van der Waals surface area contributed by atoms with Gasteiger partial charge in [0.1, 0.15) is 5.69 Å². The van der Waals surface area contributed by atoms with E-state index in [2.05, 4.69) is 5.16 Å². The molecule has 0 bridgehead atoms. The van der Waals surface area contributed by atoms with E-state index in [1.54, 1.807) is 13.0 Å². The van der Waals surface area contributed by atoms with Gasteiger partial charge in [0, 0.05) is 32.1 Å². The van der Waals surface area contributed by atoms with Crippen LogP contribution in [-0.4, -0.2) is 54.9 Å². The van der Waals surface area contributed by atoms with Crippen LogP contribution in [0.2, 0.25) is 0 Å². The molecule has 1 aliphatic carbocycles. The largest absolute Gasteiger partial charge is 0.355 e. The molecule has 1 aromatic carbocycles. The van der Waals surface area contributed by atoms with E-state index in [0.29, 0.717) is 37.7 Å². The van der Waals surface area contributed by atoms with Crippen molar-refractivity contribution in [3.8, 4) is 0 Å². The summed E-state index contributed by atoms with van der Waals surface area (Å²) in [6.45, 7) is 4.31. The fourth-order valence-electron chi connectivity index (χ4n) is 5.06. The minimum Gasteiger partial charge on any atom is -0.355 e. The monoisotopic (exact) mass is 485 g/mol. The second kappa shape index (κ2) is 10.4. The van der Waals surface area contributed by atoms with E-state index in [9.17, 15) is 13.2 Å². The summed E-state index contributed by atoms with van der Waals surface area (Å²) in [5, 5.41) is 3.93. The Kier molecular flexibility index (Phi) is 7.57. The van der Waals surface area contributed by atoms with Gasteiger partial charge in [-0.3, -0.25) is 4.79 Å². The van der Waals surface area contributed by atoms with Crippen molar-refractivity contribution in [2.45, 2.75) is 69.7 Å². The molecule has 2 fully saturated rings. The number of hydrogen-bond donors (Lipinski definition) is 0. The van der Waals surface area contributed by atoms with Crippen molar-refractivity contribution in [1.29, 1.82) is 0 Å². The van der Waals surface area contributed by atoms with Gasteiger partial charge in [0.2, 0.25) is 15.9 Å². The summed E-state index contributed by atoms with van der Waals surface area (Å²) < 4.78 is 33.8. The van der Waals surface area contributed by atoms with Gasteiger partial charge in [0.05, 0.1) is 0 Å². The molecule has 0 unspecified atom stereocenters. The highest BCUT2D eigenvalue weighted by atomic mass is 32.2. The number of aromatic nitrogens is 1. The van der Waals surface area contributed by atoms with Crippen LogP contribution >= 0.6 is 0 Å². The molecule has 2 aliphatic rings. The number of carbonyl (C=O) groups excluding carboxylic acids is 1. The Labute approximate surface area is 202 Å². The van der Waals surface area contributed by atoms with Gasteiger partial charge in [-0.15, -0.1) is 0 Å². The number of aryl methyl sites for hydroxylation is 2. The standard InChI is InChI=1S/C26H35N3O4S/c1-19-9-11-21(12-10-19)13-14-24-25(20(2)27-33-24)34(31,32)29-17-15-22(16-18-29)26(30)28(3)23-7-5-4-6-8-23/h9-14,22-23H,4-8,15-18H2,1-3H3. The van der Waals surface area contributed by atoms with Crippen molar-refractivity contribution in [1.82, 2.24) is 14.4 Å². The molecule has 2 heterocycles. The Morgan fingerprint density at radius 3 is 2.32 bits per heavy atom. The molecule has 0 spiro atoms. The molecule has 0 radical (unpaired) electrons. The lowest BCUT2D eigenvalue weighted by atomic mass is 9.91. The van der Waals surface area contributed by atoms with Gasteiger partial charge in [-0.2, -0.15) is 4.31 Å². The highest BCUT2D eigenvalue weighted by Gasteiger charge is 2.37. The van der Waals surface area contributed by atoms with Crippen LogP contribution in [0.15, 0.2) is 33.7 Å². The zero-order chi connectivity index (χ0) is 24.3. The third kappa shape index (κ3) is 5.28. The molecular formula is C26H35N3O4S. The first-order valence-electron chi connectivity index (χ1n) is 12.2. The molecule has 184 valence electrons. The SMILES string of the molecule is Cc1ccc(C=Cc2onc(C)c2S(=O)(=O)N2CCC(C(=O)N(C)C3CCCCC3)CC2)cc1. The molecule has 1 aliphatic heterocycles. The maximum absolute atomic E-state index is 13.5. The summed E-state index contributed by atoms with van der Waals surface area (Å²) in [4.78, 5) is 15.1. The number of hydrogen-bond acceptors (Lipinski definition) is 5. The maximum Gasteiger partial charge on any atom is 0.248 e. The zero-order valence-electron chi connectivity index (χ0n) is 20.4. The minimum atomic E-state index is -3.78. The molecular weight excluding hydrogens is 450 g/mol. The van der Waals surface area contributed by atoms with Crippen LogP contribution in [0.1, 0.15) is 67.5 Å². The van der Waals surface area contributed by atoms with E-state index in [0.717, 1.165) is 24.0 Å². The molecule has 2 aromatic rings. The number of rotatable bonds is 6. The van der Waals surface area contributed by atoms with Crippen molar-refractivity contribution >= 4 is 28.1 Å². The Balaban J connectivity index is 1.44. The number of sulfonamides is 1. The Morgan fingerprint density at radius 2 is 1.68 bits per heavy atom. The average Bonchev–Trinajstić information content (AvgIpc) is 3.24. The van der Waals surface area contributed by atoms with Crippen LogP contribution in [-0.2, 0) is 14.8 Å². The highest BCUT2D eigenvalue weighted by molar-refractivity contribution is 7.89. The number of nitrogens with zero attached hydrogens (tertiary/aromatic N) is 3. The van der Waals surface area contributed by atoms with Crippen molar-refractivity contribution < 1.29 is 17.7 Å². The fraction of sp³-hybridized carbons (Fsp3) is 0.538. The summed E-state index contributed by atoms with van der Waals surface area (Å²) in [7, 11) is -1.87. The Bertz CT molecular complexity index is 1120. The summed E-state index contributed by atoms with van der Waals surface area (Å²) in [5.74, 6) is 0.267. The van der Waals surface area contributed by atoms with Crippen LogP contribution in [0.25, 0.3) is 12.2 Å². The highest BCUT2D eigenvalue weighted by Crippen LogP contribution is 2.31. The Hall–Kier alpha value is -2.45. The summed E-state index contributed by atoms with van der Waals surface area (Å²) in [5.41, 5.74) is 2.45. The van der Waals surface area contributed by atoms with Crippen LogP contribution in [0.3, 0.4) is 0 Å². The lowest BCUT2D eigenvalue weighted by molar-refractivity contribution is -0.138. The molecule has 34 heavy (non-hydrogen) atoms. The first-order valence-corrected chi connectivity index (χ1v) is 13.7. The number of amides is 1. The molecule has 0 N–H and O–H groups in total. The molecule has 4 rings (SSSR count). The predicted molar refractivity (Wildman–Crippen MR) is 132 cm³/mol. The number of benzene rings is 1. The first-order chi connectivity index (χ1) is 16.3. The lowest BCUT2D eigenvalue weighted by Crippen LogP contribution is -2.46. The van der Waals surface area contributed by atoms with E-state index in [4.69, 9.17) is 4.52 Å². The topological polar surface area (TPSA) is 83.7 Å². The van der Waals surface area contributed by atoms with Crippen LogP contribution < -0.4 is 0 Å². The molecule has 1 saturated carbocycles. The molecule has 0 atom stereocenters. The van der Waals surface area contributed by atoms with E-state index in [1.165, 1.54) is 23.6 Å². The van der Waals surface area contributed by atoms with E-state index >= 15 is 0 Å². The average molecular weight is 486 g/mol. The van der Waals surface area contributed by atoms with Crippen molar-refractivity contribution in [2.75, 3.05) is 20.1 Å². The van der Waals surface area contributed by atoms with Gasteiger partial charge >= 0.3 is 0 Å². The van der Waals surface area contributed by atoms with Gasteiger partial charge in [0.25, 0.3) is 0 Å². The van der Waals surface area contributed by atoms with E-state index in [-0.39, 0.29) is 22.5 Å². The molecule has 1 aromatic heterocycles. The summed E-state index contributed by atoms with van der Waals surface area (Å²) in [6, 6.07) is 8.26. The normalized spacial score (nSPS) is 19.0. The third-order valence-corrected chi connectivity index (χ3v) is 9.27. The zero-order valence-corrected chi connectivity index (χ0v) is 21.2. The third-order valence-electron chi connectivity index (χ3n) is 7.21. The van der Waals surface area contributed by atoms with Crippen LogP contribution in [0.5, 0.6) is 0 Å². The molecule has 8 heteroatoms.